The molecule has 0 heterocycles. The van der Waals surface area contributed by atoms with E-state index in [2.05, 4.69) is 0 Å². The molecule has 0 spiro atoms. The molecule has 0 fully saturated rings. The molecule has 15 heavy (non-hydrogen) atoms. The Bertz CT molecular complexity index is 402. The minimum absolute atomic E-state index is 0.201. The van der Waals surface area contributed by atoms with Crippen molar-refractivity contribution in [3.8, 4) is 5.75 Å². The van der Waals surface area contributed by atoms with E-state index in [-0.39, 0.29) is 23.0 Å². The highest BCUT2D eigenvalue weighted by atomic mass is 35.5. The first-order valence-electron chi connectivity index (χ1n) is 4.14. The Labute approximate surface area is 96.9 Å². The molecule has 0 aromatic heterocycles. The Hall–Kier alpha value is -1.06. The number of ketones is 1. The first-order valence-corrected chi connectivity index (χ1v) is 4.90. The second-order valence-electron chi connectivity index (χ2n) is 2.93. The zero-order valence-electron chi connectivity index (χ0n) is 7.92. The summed E-state index contributed by atoms with van der Waals surface area (Å²) in [5, 5.41) is 0.686. The third kappa shape index (κ3) is 3.90. The van der Waals surface area contributed by atoms with Crippen molar-refractivity contribution in [2.45, 2.75) is 13.3 Å². The summed E-state index contributed by atoms with van der Waals surface area (Å²) in [5.74, 6) is -0.691. The van der Waals surface area contributed by atoms with Crippen LogP contribution in [-0.4, -0.2) is 11.8 Å². The highest BCUT2D eigenvalue weighted by Gasteiger charge is 2.10. The molecule has 0 aliphatic heterocycles. The average Bonchev–Trinajstić information content (AvgIpc) is 2.08. The van der Waals surface area contributed by atoms with Gasteiger partial charge in [-0.2, -0.15) is 0 Å². The second-order valence-corrected chi connectivity index (χ2v) is 3.77. The lowest BCUT2D eigenvalue weighted by Crippen LogP contribution is -2.11. The molecule has 3 nitrogen and oxygen atoms in total. The van der Waals surface area contributed by atoms with Crippen LogP contribution in [0.2, 0.25) is 10.0 Å². The standard InChI is InChI=1S/C10H8Cl2O3/c1-6(13)4-10(14)15-9-3-2-7(11)5-8(9)12/h2-3,5H,4H2,1H3. The summed E-state index contributed by atoms with van der Waals surface area (Å²) in [6.45, 7) is 1.31. The number of hydrogen-bond acceptors (Lipinski definition) is 3. The van der Waals surface area contributed by atoms with Crippen LogP contribution < -0.4 is 4.74 Å². The van der Waals surface area contributed by atoms with Gasteiger partial charge in [0.15, 0.2) is 0 Å². The van der Waals surface area contributed by atoms with Crippen molar-refractivity contribution in [3.05, 3.63) is 28.2 Å². The van der Waals surface area contributed by atoms with E-state index in [1.807, 2.05) is 0 Å². The topological polar surface area (TPSA) is 43.4 Å². The van der Waals surface area contributed by atoms with Gasteiger partial charge in [0.05, 0.1) is 5.02 Å². The lowest BCUT2D eigenvalue weighted by Gasteiger charge is -2.04. The van der Waals surface area contributed by atoms with E-state index in [0.717, 1.165) is 0 Å². The number of ether oxygens (including phenoxy) is 1. The largest absolute Gasteiger partial charge is 0.425 e. The molecular formula is C10H8Cl2O3. The maximum absolute atomic E-state index is 11.1. The van der Waals surface area contributed by atoms with E-state index in [1.165, 1.54) is 19.1 Å². The van der Waals surface area contributed by atoms with Crippen LogP contribution in [0.25, 0.3) is 0 Å². The fraction of sp³-hybridized carbons (Fsp3) is 0.200. The molecule has 0 radical (unpaired) electrons. The van der Waals surface area contributed by atoms with E-state index in [4.69, 9.17) is 27.9 Å². The van der Waals surface area contributed by atoms with Crippen LogP contribution in [0.1, 0.15) is 13.3 Å². The SMILES string of the molecule is CC(=O)CC(=O)Oc1ccc(Cl)cc1Cl. The van der Waals surface area contributed by atoms with Crippen LogP contribution in [0.4, 0.5) is 0 Å². The average molecular weight is 247 g/mol. The van der Waals surface area contributed by atoms with Crippen molar-refractivity contribution >= 4 is 35.0 Å². The Kier molecular flexibility index (Phi) is 4.12. The van der Waals surface area contributed by atoms with Gasteiger partial charge >= 0.3 is 5.97 Å². The molecule has 0 amide bonds. The summed E-state index contributed by atoms with van der Waals surface area (Å²) in [4.78, 5) is 21.8. The highest BCUT2D eigenvalue weighted by Crippen LogP contribution is 2.27. The first kappa shape index (κ1) is 12.0. The van der Waals surface area contributed by atoms with E-state index in [1.54, 1.807) is 6.07 Å². The van der Waals surface area contributed by atoms with Crippen molar-refractivity contribution < 1.29 is 14.3 Å². The molecule has 1 rings (SSSR count). The van der Waals surface area contributed by atoms with Gasteiger partial charge in [0.1, 0.15) is 18.0 Å². The molecule has 0 atom stereocenters. The summed E-state index contributed by atoms with van der Waals surface area (Å²) < 4.78 is 4.86. The van der Waals surface area contributed by atoms with Gasteiger partial charge < -0.3 is 4.74 Å². The van der Waals surface area contributed by atoms with Crippen LogP contribution >= 0.6 is 23.2 Å². The molecule has 0 bridgehead atoms. The molecule has 5 heteroatoms. The Morgan fingerprint density at radius 3 is 2.53 bits per heavy atom. The van der Waals surface area contributed by atoms with Crippen molar-refractivity contribution in [2.24, 2.45) is 0 Å². The van der Waals surface area contributed by atoms with Gasteiger partial charge in [0, 0.05) is 5.02 Å². The van der Waals surface area contributed by atoms with E-state index >= 15 is 0 Å². The Balaban J connectivity index is 2.72. The van der Waals surface area contributed by atoms with E-state index in [9.17, 15) is 9.59 Å². The lowest BCUT2D eigenvalue weighted by molar-refractivity contribution is -0.137. The third-order valence-electron chi connectivity index (χ3n) is 1.51. The summed E-state index contributed by atoms with van der Waals surface area (Å²) in [6.07, 6.45) is -0.265. The Morgan fingerprint density at radius 1 is 1.33 bits per heavy atom. The predicted molar refractivity (Wildman–Crippen MR) is 57.4 cm³/mol. The molecule has 0 N–H and O–H groups in total. The van der Waals surface area contributed by atoms with Crippen molar-refractivity contribution in [1.29, 1.82) is 0 Å². The van der Waals surface area contributed by atoms with Crippen molar-refractivity contribution in [2.75, 3.05) is 0 Å². The summed E-state index contributed by atoms with van der Waals surface area (Å²) in [6, 6.07) is 4.48. The normalized spacial score (nSPS) is 9.80. The van der Waals surface area contributed by atoms with Crippen LogP contribution in [0.5, 0.6) is 5.75 Å². The molecule has 1 aromatic carbocycles. The summed E-state index contributed by atoms with van der Waals surface area (Å²) >= 11 is 11.4. The number of halogens is 2. The smallest absolute Gasteiger partial charge is 0.318 e. The van der Waals surface area contributed by atoms with Crippen LogP contribution in [0.15, 0.2) is 18.2 Å². The monoisotopic (exact) mass is 246 g/mol. The number of carbonyl (C=O) groups excluding carboxylic acids is 2. The number of Topliss-reactive ketones (excluding diaryl/α,β-unsaturated/α-hetero) is 1. The zero-order valence-corrected chi connectivity index (χ0v) is 9.43. The molecule has 0 aliphatic rings. The van der Waals surface area contributed by atoms with Crippen LogP contribution in [-0.2, 0) is 9.59 Å². The fourth-order valence-corrected chi connectivity index (χ4v) is 1.37. The molecular weight excluding hydrogens is 239 g/mol. The number of esters is 1. The van der Waals surface area contributed by atoms with Crippen molar-refractivity contribution in [3.63, 3.8) is 0 Å². The minimum Gasteiger partial charge on any atom is -0.425 e. The molecule has 0 saturated heterocycles. The van der Waals surface area contributed by atoms with Crippen molar-refractivity contribution in [1.82, 2.24) is 0 Å². The maximum Gasteiger partial charge on any atom is 0.318 e. The first-order chi connectivity index (χ1) is 6.99. The third-order valence-corrected chi connectivity index (χ3v) is 2.04. The Morgan fingerprint density at radius 2 is 2.00 bits per heavy atom. The maximum atomic E-state index is 11.1. The van der Waals surface area contributed by atoms with Gasteiger partial charge in [0.25, 0.3) is 0 Å². The van der Waals surface area contributed by atoms with Gasteiger partial charge in [-0.05, 0) is 25.1 Å². The van der Waals surface area contributed by atoms with Crippen LogP contribution in [0, 0.1) is 0 Å². The van der Waals surface area contributed by atoms with Gasteiger partial charge in [-0.15, -0.1) is 0 Å². The number of hydrogen-bond donors (Lipinski definition) is 0. The predicted octanol–water partition coefficient (Wildman–Crippen LogP) is 2.88. The lowest BCUT2D eigenvalue weighted by atomic mass is 10.3. The zero-order chi connectivity index (χ0) is 11.4. The summed E-state index contributed by atoms with van der Waals surface area (Å²) in [7, 11) is 0. The van der Waals surface area contributed by atoms with Crippen LogP contribution in [0.3, 0.4) is 0 Å². The number of carbonyl (C=O) groups is 2. The summed E-state index contributed by atoms with van der Waals surface area (Å²) in [5.41, 5.74) is 0. The van der Waals surface area contributed by atoms with Gasteiger partial charge in [-0.25, -0.2) is 0 Å². The van der Waals surface area contributed by atoms with Gasteiger partial charge in [0.2, 0.25) is 0 Å². The highest BCUT2D eigenvalue weighted by molar-refractivity contribution is 6.35. The molecule has 80 valence electrons. The van der Waals surface area contributed by atoms with E-state index < -0.39 is 5.97 Å². The quantitative estimate of drug-likeness (QED) is 0.468. The minimum atomic E-state index is -0.633. The number of rotatable bonds is 3. The fourth-order valence-electron chi connectivity index (χ4n) is 0.920. The molecule has 0 saturated carbocycles. The second kappa shape index (κ2) is 5.14. The molecule has 1 aromatic rings. The molecule has 0 aliphatic carbocycles. The van der Waals surface area contributed by atoms with E-state index in [0.29, 0.717) is 5.02 Å². The van der Waals surface area contributed by atoms with Gasteiger partial charge in [-0.3, -0.25) is 9.59 Å². The number of benzene rings is 1. The molecule has 0 unspecified atom stereocenters. The van der Waals surface area contributed by atoms with Gasteiger partial charge in [-0.1, -0.05) is 23.2 Å².